The summed E-state index contributed by atoms with van der Waals surface area (Å²) in [6.07, 6.45) is 2.97. The molecule has 1 amide bonds. The Morgan fingerprint density at radius 3 is 2.44 bits per heavy atom. The van der Waals surface area contributed by atoms with Gasteiger partial charge in [0.2, 0.25) is 0 Å². The largest absolute Gasteiger partial charge is 0.463 e. The van der Waals surface area contributed by atoms with Crippen LogP contribution in [0.15, 0.2) is 47.3 Å². The summed E-state index contributed by atoms with van der Waals surface area (Å²) in [5.41, 5.74) is 4.68. The second-order valence-electron chi connectivity index (χ2n) is 14.8. The molecule has 0 radical (unpaired) electrons. The SMILES string of the molecule is CC(O)c1cc2n(c(=O)c1COC=O)Cc1c-2nc2ccc3ccccc3c2c1CN1CCC2(CC1)CCN(C(=O)OC(C)(C)C)CC2. The Kier molecular flexibility index (Phi) is 8.28. The van der Waals surface area contributed by atoms with Crippen LogP contribution < -0.4 is 5.56 Å². The highest BCUT2D eigenvalue weighted by Gasteiger charge is 2.40. The molecule has 10 heteroatoms. The predicted octanol–water partition coefficient (Wildman–Crippen LogP) is 5.92. The predicted molar refractivity (Wildman–Crippen MR) is 184 cm³/mol. The molecule has 1 N–H and O–H groups in total. The summed E-state index contributed by atoms with van der Waals surface area (Å²) < 4.78 is 12.3. The number of hydrogen-bond acceptors (Lipinski definition) is 8. The first-order valence-corrected chi connectivity index (χ1v) is 17.0. The number of aliphatic hydroxyl groups excluding tert-OH is 1. The number of hydrogen-bond donors (Lipinski definition) is 1. The molecule has 2 aromatic heterocycles. The monoisotopic (exact) mass is 652 g/mol. The number of ether oxygens (including phenoxy) is 2. The minimum atomic E-state index is -0.918. The number of pyridine rings is 2. The first-order valence-electron chi connectivity index (χ1n) is 17.0. The van der Waals surface area contributed by atoms with Crippen LogP contribution in [0.25, 0.3) is 33.1 Å². The molecule has 5 heterocycles. The van der Waals surface area contributed by atoms with Gasteiger partial charge in [-0.1, -0.05) is 30.3 Å². The number of fused-ring (bicyclic) bond motifs is 6. The van der Waals surface area contributed by atoms with Crippen LogP contribution in [0.4, 0.5) is 4.79 Å². The Hall–Kier alpha value is -4.28. The van der Waals surface area contributed by atoms with E-state index in [1.165, 1.54) is 5.56 Å². The second-order valence-corrected chi connectivity index (χ2v) is 14.8. The summed E-state index contributed by atoms with van der Waals surface area (Å²) in [6.45, 7) is 11.9. The van der Waals surface area contributed by atoms with Crippen molar-refractivity contribution in [1.82, 2.24) is 19.4 Å². The summed E-state index contributed by atoms with van der Waals surface area (Å²) in [6, 6.07) is 14.4. The van der Waals surface area contributed by atoms with Crippen molar-refractivity contribution >= 4 is 34.2 Å². The molecule has 0 saturated carbocycles. The van der Waals surface area contributed by atoms with Crippen LogP contribution >= 0.6 is 0 Å². The maximum absolute atomic E-state index is 13.9. The van der Waals surface area contributed by atoms with Crippen molar-refractivity contribution in [3.63, 3.8) is 0 Å². The van der Waals surface area contributed by atoms with Gasteiger partial charge in [-0.3, -0.25) is 14.5 Å². The Labute approximate surface area is 280 Å². The van der Waals surface area contributed by atoms with Crippen LogP contribution in [0.1, 0.15) is 81.7 Å². The molecule has 2 fully saturated rings. The van der Waals surface area contributed by atoms with Crippen molar-refractivity contribution in [3.8, 4) is 11.4 Å². The average Bonchev–Trinajstić information content (AvgIpc) is 3.43. The molecule has 10 nitrogen and oxygen atoms in total. The van der Waals surface area contributed by atoms with E-state index in [0.29, 0.717) is 24.3 Å². The zero-order valence-corrected chi connectivity index (χ0v) is 28.3. The van der Waals surface area contributed by atoms with Gasteiger partial charge >= 0.3 is 6.09 Å². The van der Waals surface area contributed by atoms with Crippen LogP contribution in [0, 0.1) is 5.41 Å². The topological polar surface area (TPSA) is 114 Å². The lowest BCUT2D eigenvalue weighted by atomic mass is 9.71. The van der Waals surface area contributed by atoms with E-state index in [1.807, 2.05) is 37.8 Å². The van der Waals surface area contributed by atoms with Crippen molar-refractivity contribution in [2.45, 2.75) is 84.8 Å². The normalized spacial score (nSPS) is 18.1. The number of piperidine rings is 2. The summed E-state index contributed by atoms with van der Waals surface area (Å²) >= 11 is 0. The molecule has 1 spiro atoms. The molecule has 7 rings (SSSR count). The maximum Gasteiger partial charge on any atom is 0.410 e. The summed E-state index contributed by atoms with van der Waals surface area (Å²) in [5, 5.41) is 14.0. The second kappa shape index (κ2) is 12.3. The van der Waals surface area contributed by atoms with Crippen molar-refractivity contribution in [3.05, 3.63) is 75.1 Å². The molecule has 252 valence electrons. The molecule has 1 unspecified atom stereocenters. The molecule has 3 aliphatic heterocycles. The molecule has 48 heavy (non-hydrogen) atoms. The van der Waals surface area contributed by atoms with Gasteiger partial charge in [-0.2, -0.15) is 0 Å². The first-order chi connectivity index (χ1) is 23.0. The van der Waals surface area contributed by atoms with Crippen molar-refractivity contribution in [1.29, 1.82) is 0 Å². The van der Waals surface area contributed by atoms with E-state index in [0.717, 1.165) is 91.3 Å². The highest BCUT2D eigenvalue weighted by molar-refractivity contribution is 6.09. The van der Waals surface area contributed by atoms with Gasteiger partial charge < -0.3 is 24.0 Å². The van der Waals surface area contributed by atoms with E-state index in [2.05, 4.69) is 35.2 Å². The average molecular weight is 653 g/mol. The van der Waals surface area contributed by atoms with E-state index >= 15 is 0 Å². The molecule has 3 aliphatic rings. The number of benzene rings is 2. The molecule has 2 saturated heterocycles. The lowest BCUT2D eigenvalue weighted by molar-refractivity contribution is -0.129. The molecule has 2 aromatic carbocycles. The van der Waals surface area contributed by atoms with Crippen molar-refractivity contribution in [2.75, 3.05) is 26.2 Å². The number of carbonyl (C=O) groups is 2. The van der Waals surface area contributed by atoms with E-state index in [4.69, 9.17) is 14.5 Å². The van der Waals surface area contributed by atoms with Gasteiger partial charge in [-0.25, -0.2) is 9.78 Å². The van der Waals surface area contributed by atoms with Gasteiger partial charge in [0.15, 0.2) is 0 Å². The van der Waals surface area contributed by atoms with E-state index in [-0.39, 0.29) is 29.2 Å². The van der Waals surface area contributed by atoms with E-state index in [1.54, 1.807) is 11.5 Å². The highest BCUT2D eigenvalue weighted by atomic mass is 16.6. The lowest BCUT2D eigenvalue weighted by Crippen LogP contribution is -2.49. The number of rotatable bonds is 6. The molecule has 0 bridgehead atoms. The fourth-order valence-corrected chi connectivity index (χ4v) is 7.96. The summed E-state index contributed by atoms with van der Waals surface area (Å²) in [5.74, 6) is 0. The van der Waals surface area contributed by atoms with Crippen LogP contribution in [0.2, 0.25) is 0 Å². The minimum absolute atomic E-state index is 0.197. The minimum Gasteiger partial charge on any atom is -0.463 e. The van der Waals surface area contributed by atoms with Gasteiger partial charge in [0.05, 0.1) is 35.1 Å². The number of aromatic nitrogens is 2. The smallest absolute Gasteiger partial charge is 0.410 e. The van der Waals surface area contributed by atoms with Crippen molar-refractivity contribution < 1.29 is 24.2 Å². The number of aliphatic hydroxyl groups is 1. The Balaban J connectivity index is 1.21. The standard InChI is InChI=1S/C38H44N4O6/c1-24(44)27-19-32-34-29(21-42(32)35(45)30(27)22-47-23-43)28(33-26-8-6-5-7-25(26)9-10-31(33)39-34)20-40-15-11-38(12-16-40)13-17-41(18-14-38)36(46)48-37(2,3)4/h5-10,19,23-24,44H,11-18,20-22H2,1-4H3. The van der Waals surface area contributed by atoms with Gasteiger partial charge in [0.25, 0.3) is 12.0 Å². The van der Waals surface area contributed by atoms with Gasteiger partial charge in [-0.05, 0) is 106 Å². The third-order valence-corrected chi connectivity index (χ3v) is 10.6. The van der Waals surface area contributed by atoms with Crippen LogP contribution in [0.5, 0.6) is 0 Å². The first kappa shape index (κ1) is 32.3. The highest BCUT2D eigenvalue weighted by Crippen LogP contribution is 2.44. The molecular weight excluding hydrogens is 608 g/mol. The quantitative estimate of drug-likeness (QED) is 0.178. The third-order valence-electron chi connectivity index (χ3n) is 10.6. The lowest BCUT2D eigenvalue weighted by Gasteiger charge is -2.47. The zero-order chi connectivity index (χ0) is 33.8. The molecule has 4 aromatic rings. The van der Waals surface area contributed by atoms with Crippen molar-refractivity contribution in [2.24, 2.45) is 5.41 Å². The zero-order valence-electron chi connectivity index (χ0n) is 28.3. The number of amides is 1. The van der Waals surface area contributed by atoms with Gasteiger partial charge in [-0.15, -0.1) is 0 Å². The Morgan fingerprint density at radius 1 is 1.04 bits per heavy atom. The Bertz CT molecular complexity index is 1960. The summed E-state index contributed by atoms with van der Waals surface area (Å²) in [7, 11) is 0. The van der Waals surface area contributed by atoms with E-state index in [9.17, 15) is 19.5 Å². The van der Waals surface area contributed by atoms with Crippen LogP contribution in [0.3, 0.4) is 0 Å². The van der Waals surface area contributed by atoms with Crippen LogP contribution in [-0.4, -0.2) is 68.8 Å². The molecule has 0 aliphatic carbocycles. The third kappa shape index (κ3) is 5.85. The number of carbonyl (C=O) groups excluding carboxylic acids is 2. The molecule has 1 atom stereocenters. The van der Waals surface area contributed by atoms with Crippen LogP contribution in [-0.2, 0) is 34.0 Å². The van der Waals surface area contributed by atoms with E-state index < -0.39 is 11.7 Å². The maximum atomic E-state index is 13.9. The Morgan fingerprint density at radius 2 is 1.75 bits per heavy atom. The number of nitrogens with zero attached hydrogens (tertiary/aromatic N) is 4. The molecular formula is C38H44N4O6. The summed E-state index contributed by atoms with van der Waals surface area (Å²) in [4.78, 5) is 47.1. The van der Waals surface area contributed by atoms with Gasteiger partial charge in [0, 0.05) is 30.6 Å². The fraction of sp³-hybridized carbons (Fsp3) is 0.474. The fourth-order valence-electron chi connectivity index (χ4n) is 7.96. The van der Waals surface area contributed by atoms with Gasteiger partial charge in [0.1, 0.15) is 12.2 Å². The number of likely N-dealkylation sites (tertiary alicyclic amines) is 2.